The molecule has 0 spiro atoms. The first-order valence-corrected chi connectivity index (χ1v) is 8.37. The smallest absolute Gasteiger partial charge is 0.163 e. The Labute approximate surface area is 126 Å². The van der Waals surface area contributed by atoms with Gasteiger partial charge < -0.3 is 5.11 Å². The number of aromatic hydroxyl groups is 1. The number of rotatable bonds is 0. The molecule has 2 nitrogen and oxygen atoms in total. The van der Waals surface area contributed by atoms with Gasteiger partial charge in [0.15, 0.2) is 5.78 Å². The van der Waals surface area contributed by atoms with Gasteiger partial charge in [-0.25, -0.2) is 0 Å². The third-order valence-electron chi connectivity index (χ3n) is 7.07. The SMILES string of the molecule is C[C@H]1CCC2C3CC(=O)c4cc(O)ccc4C3CC[C@@]21C. The third kappa shape index (κ3) is 1.74. The Morgan fingerprint density at radius 1 is 1.24 bits per heavy atom. The van der Waals surface area contributed by atoms with Gasteiger partial charge in [-0.1, -0.05) is 19.9 Å². The average Bonchev–Trinajstić information content (AvgIpc) is 2.76. The number of benzene rings is 1. The van der Waals surface area contributed by atoms with E-state index in [1.165, 1.54) is 31.2 Å². The normalized spacial score (nSPS) is 41.3. The molecule has 21 heavy (non-hydrogen) atoms. The van der Waals surface area contributed by atoms with E-state index in [9.17, 15) is 9.90 Å². The molecule has 2 heteroatoms. The molecule has 0 aromatic heterocycles. The number of hydrogen-bond acceptors (Lipinski definition) is 2. The number of fused-ring (bicyclic) bond motifs is 5. The first kappa shape index (κ1) is 13.4. The Balaban J connectivity index is 1.77. The van der Waals surface area contributed by atoms with E-state index in [2.05, 4.69) is 13.8 Å². The summed E-state index contributed by atoms with van der Waals surface area (Å²) in [6, 6.07) is 5.43. The number of carbonyl (C=O) groups is 1. The van der Waals surface area contributed by atoms with E-state index >= 15 is 0 Å². The van der Waals surface area contributed by atoms with Crippen molar-refractivity contribution in [2.24, 2.45) is 23.2 Å². The molecule has 1 aromatic carbocycles. The Hall–Kier alpha value is -1.31. The molecule has 3 aliphatic rings. The highest BCUT2D eigenvalue weighted by Gasteiger charge is 2.54. The van der Waals surface area contributed by atoms with E-state index in [1.54, 1.807) is 12.1 Å². The molecule has 1 aromatic rings. The summed E-state index contributed by atoms with van der Waals surface area (Å²) in [4.78, 5) is 12.6. The fourth-order valence-electron chi connectivity index (χ4n) is 5.65. The minimum Gasteiger partial charge on any atom is -0.508 e. The zero-order valence-corrected chi connectivity index (χ0v) is 12.9. The maximum absolute atomic E-state index is 12.6. The maximum Gasteiger partial charge on any atom is 0.163 e. The van der Waals surface area contributed by atoms with Crippen molar-refractivity contribution in [3.63, 3.8) is 0 Å². The van der Waals surface area contributed by atoms with Crippen molar-refractivity contribution in [2.45, 2.75) is 51.9 Å². The molecule has 5 atom stereocenters. The van der Waals surface area contributed by atoms with Gasteiger partial charge in [0, 0.05) is 12.0 Å². The number of Topliss-reactive ketones (excluding diaryl/α,β-unsaturated/α-hetero) is 1. The summed E-state index contributed by atoms with van der Waals surface area (Å²) in [6.07, 6.45) is 5.79. The molecule has 2 saturated carbocycles. The van der Waals surface area contributed by atoms with Crippen LogP contribution in [-0.2, 0) is 0 Å². The van der Waals surface area contributed by atoms with Crippen LogP contribution < -0.4 is 0 Å². The fraction of sp³-hybridized carbons (Fsp3) is 0.632. The van der Waals surface area contributed by atoms with Gasteiger partial charge in [0.1, 0.15) is 5.75 Å². The van der Waals surface area contributed by atoms with Gasteiger partial charge >= 0.3 is 0 Å². The van der Waals surface area contributed by atoms with Crippen molar-refractivity contribution in [2.75, 3.05) is 0 Å². The molecule has 0 bridgehead atoms. The topological polar surface area (TPSA) is 37.3 Å². The average molecular weight is 284 g/mol. The zero-order valence-electron chi connectivity index (χ0n) is 12.9. The molecule has 4 rings (SSSR count). The summed E-state index contributed by atoms with van der Waals surface area (Å²) in [7, 11) is 0. The maximum atomic E-state index is 12.6. The molecule has 0 saturated heterocycles. The quantitative estimate of drug-likeness (QED) is 0.760. The molecule has 112 valence electrons. The van der Waals surface area contributed by atoms with Crippen LogP contribution in [0.1, 0.15) is 67.8 Å². The number of carbonyl (C=O) groups excluding carboxylic acids is 1. The monoisotopic (exact) mass is 284 g/mol. The van der Waals surface area contributed by atoms with Gasteiger partial charge in [0.25, 0.3) is 0 Å². The van der Waals surface area contributed by atoms with Crippen LogP contribution in [0.25, 0.3) is 0 Å². The van der Waals surface area contributed by atoms with Crippen molar-refractivity contribution < 1.29 is 9.90 Å². The van der Waals surface area contributed by atoms with E-state index in [0.717, 1.165) is 11.5 Å². The summed E-state index contributed by atoms with van der Waals surface area (Å²) >= 11 is 0. The van der Waals surface area contributed by atoms with Crippen LogP contribution in [0.3, 0.4) is 0 Å². The van der Waals surface area contributed by atoms with Gasteiger partial charge in [-0.15, -0.1) is 0 Å². The molecular weight excluding hydrogens is 260 g/mol. The lowest BCUT2D eigenvalue weighted by molar-refractivity contribution is 0.0324. The van der Waals surface area contributed by atoms with Crippen LogP contribution >= 0.6 is 0 Å². The minimum atomic E-state index is 0.218. The highest BCUT2D eigenvalue weighted by Crippen LogP contribution is 2.62. The van der Waals surface area contributed by atoms with E-state index < -0.39 is 0 Å². The second-order valence-electron chi connectivity index (χ2n) is 7.80. The van der Waals surface area contributed by atoms with E-state index in [1.807, 2.05) is 6.07 Å². The van der Waals surface area contributed by atoms with Gasteiger partial charge in [0.2, 0.25) is 0 Å². The molecular formula is C19H24O2. The summed E-state index contributed by atoms with van der Waals surface area (Å²) in [6.45, 7) is 4.86. The van der Waals surface area contributed by atoms with Crippen LogP contribution in [0.4, 0.5) is 0 Å². The van der Waals surface area contributed by atoms with Crippen LogP contribution in [0.5, 0.6) is 5.75 Å². The van der Waals surface area contributed by atoms with E-state index in [-0.39, 0.29) is 11.5 Å². The molecule has 0 amide bonds. The van der Waals surface area contributed by atoms with Crippen LogP contribution in [-0.4, -0.2) is 10.9 Å². The summed E-state index contributed by atoms with van der Waals surface area (Å²) < 4.78 is 0. The third-order valence-corrected chi connectivity index (χ3v) is 7.07. The Kier molecular flexibility index (Phi) is 2.76. The summed E-state index contributed by atoms with van der Waals surface area (Å²) in [5.41, 5.74) is 2.43. The lowest BCUT2D eigenvalue weighted by atomic mass is 9.54. The minimum absolute atomic E-state index is 0.218. The molecule has 1 N–H and O–H groups in total. The van der Waals surface area contributed by atoms with Gasteiger partial charge in [-0.2, -0.15) is 0 Å². The predicted octanol–water partition coefficient (Wildman–Crippen LogP) is 4.52. The molecule has 0 aliphatic heterocycles. The number of hydrogen-bond donors (Lipinski definition) is 1. The van der Waals surface area contributed by atoms with Crippen LogP contribution in [0, 0.1) is 23.2 Å². The summed E-state index contributed by atoms with van der Waals surface area (Å²) in [5, 5.41) is 9.68. The van der Waals surface area contributed by atoms with Crippen molar-refractivity contribution in [1.82, 2.24) is 0 Å². The molecule has 3 aliphatic carbocycles. The second-order valence-corrected chi connectivity index (χ2v) is 7.80. The van der Waals surface area contributed by atoms with Crippen molar-refractivity contribution in [3.05, 3.63) is 29.3 Å². The highest BCUT2D eigenvalue weighted by molar-refractivity contribution is 5.99. The Bertz CT molecular complexity index is 606. The number of phenolic OH excluding ortho intramolecular Hbond substituents is 1. The van der Waals surface area contributed by atoms with Crippen molar-refractivity contribution in [1.29, 1.82) is 0 Å². The zero-order chi connectivity index (χ0) is 14.8. The van der Waals surface area contributed by atoms with Crippen molar-refractivity contribution in [3.8, 4) is 5.75 Å². The summed E-state index contributed by atoms with van der Waals surface area (Å²) in [5.74, 6) is 3.01. The Morgan fingerprint density at radius 2 is 2.05 bits per heavy atom. The second kappa shape index (κ2) is 4.34. The highest BCUT2D eigenvalue weighted by atomic mass is 16.3. The van der Waals surface area contributed by atoms with Crippen molar-refractivity contribution >= 4 is 5.78 Å². The van der Waals surface area contributed by atoms with Crippen LogP contribution in [0.2, 0.25) is 0 Å². The molecule has 0 radical (unpaired) electrons. The standard InChI is InChI=1S/C19H24O2/c1-11-3-6-17-15-10-18(21)16-9-12(20)4-5-13(16)14(15)7-8-19(11,17)2/h4-5,9,11,14-15,17,20H,3,6-8,10H2,1-2H3/t11-,14?,15?,17?,19+/m0/s1. The van der Waals surface area contributed by atoms with E-state index in [4.69, 9.17) is 0 Å². The molecule has 0 heterocycles. The number of ketones is 1. The van der Waals surface area contributed by atoms with Crippen LogP contribution in [0.15, 0.2) is 18.2 Å². The van der Waals surface area contributed by atoms with Gasteiger partial charge in [-0.3, -0.25) is 4.79 Å². The molecule has 2 fully saturated rings. The number of phenols is 1. The van der Waals surface area contributed by atoms with E-state index in [0.29, 0.717) is 29.6 Å². The molecule has 3 unspecified atom stereocenters. The van der Waals surface area contributed by atoms with Gasteiger partial charge in [0.05, 0.1) is 0 Å². The Morgan fingerprint density at radius 3 is 2.86 bits per heavy atom. The first-order valence-electron chi connectivity index (χ1n) is 8.37. The van der Waals surface area contributed by atoms with Gasteiger partial charge in [-0.05, 0) is 72.5 Å². The lowest BCUT2D eigenvalue weighted by Gasteiger charge is -2.50. The predicted molar refractivity (Wildman–Crippen MR) is 82.5 cm³/mol. The first-order chi connectivity index (χ1) is 10.0. The fourth-order valence-corrected chi connectivity index (χ4v) is 5.65. The largest absolute Gasteiger partial charge is 0.508 e. The lowest BCUT2D eigenvalue weighted by Crippen LogP contribution is -2.42.